The molecule has 134 valence electrons. The Morgan fingerprint density at radius 2 is 1.88 bits per heavy atom. The molecule has 0 aliphatic carbocycles. The van der Waals surface area contributed by atoms with Gasteiger partial charge in [-0.25, -0.2) is 0 Å². The number of likely N-dealkylation sites (N-methyl/N-ethyl adjacent to an activating group) is 1. The first-order valence-electron chi connectivity index (χ1n) is 8.82. The Hall–Kier alpha value is -1.39. The van der Waals surface area contributed by atoms with Crippen LogP contribution in [0.15, 0.2) is 48.5 Å². The topological polar surface area (TPSA) is 26.7 Å². The third-order valence-corrected chi connectivity index (χ3v) is 5.95. The van der Waals surface area contributed by atoms with Crippen LogP contribution >= 0.6 is 11.6 Å². The van der Waals surface area contributed by atoms with E-state index in [2.05, 4.69) is 49.0 Å². The number of halogens is 1. The van der Waals surface area contributed by atoms with Crippen molar-refractivity contribution in [2.75, 3.05) is 27.2 Å². The maximum absolute atomic E-state index is 11.1. The van der Waals surface area contributed by atoms with E-state index in [-0.39, 0.29) is 5.54 Å². The minimum Gasteiger partial charge on any atom is -0.389 e. The average Bonchev–Trinajstić information content (AvgIpc) is 2.59. The van der Waals surface area contributed by atoms with Crippen LogP contribution in [0.5, 0.6) is 0 Å². The van der Waals surface area contributed by atoms with E-state index >= 15 is 0 Å². The molecule has 0 radical (unpaired) electrons. The summed E-state index contributed by atoms with van der Waals surface area (Å²) < 4.78 is 0. The molecule has 25 heavy (non-hydrogen) atoms. The molecule has 0 aromatic heterocycles. The summed E-state index contributed by atoms with van der Waals surface area (Å²) >= 11 is 6.39. The zero-order valence-electron chi connectivity index (χ0n) is 15.2. The Morgan fingerprint density at radius 1 is 1.16 bits per heavy atom. The maximum atomic E-state index is 11.1. The van der Waals surface area contributed by atoms with E-state index in [1.165, 1.54) is 11.1 Å². The van der Waals surface area contributed by atoms with Gasteiger partial charge in [-0.15, -0.1) is 0 Å². The zero-order chi connectivity index (χ0) is 18.0. The standard InChI is InChI=1S/C21H27ClN2O/c1-16-8-7-11-19(22)18(16)14-24-13-12-21(23(2)3,20(25)15-24)17-9-5-4-6-10-17/h4-11,20,25H,12-15H2,1-3H3/t20-,21+/m1/s1. The van der Waals surface area contributed by atoms with Gasteiger partial charge >= 0.3 is 0 Å². The second-order valence-corrected chi connectivity index (χ2v) is 7.63. The number of hydrogen-bond acceptors (Lipinski definition) is 3. The molecule has 1 saturated heterocycles. The molecule has 0 saturated carbocycles. The minimum absolute atomic E-state index is 0.340. The Bertz CT molecular complexity index is 699. The molecule has 3 rings (SSSR count). The normalized spacial score (nSPS) is 24.6. The SMILES string of the molecule is Cc1cccc(Cl)c1CN1CC[C@@](c2ccccc2)(N(C)C)[C@H](O)C1. The predicted octanol–water partition coefficient (Wildman–Crippen LogP) is 3.67. The number of β-amino-alcohol motifs (C(OH)–C–C–N with tert-alkyl or cyclic N) is 1. The summed E-state index contributed by atoms with van der Waals surface area (Å²) in [4.78, 5) is 4.48. The molecule has 0 bridgehead atoms. The summed E-state index contributed by atoms with van der Waals surface area (Å²) in [6.45, 7) is 4.43. The highest BCUT2D eigenvalue weighted by Crippen LogP contribution is 2.38. The van der Waals surface area contributed by atoms with Gasteiger partial charge in [0.1, 0.15) is 0 Å². The summed E-state index contributed by atoms with van der Waals surface area (Å²) in [5.41, 5.74) is 3.21. The second kappa shape index (κ2) is 7.46. The van der Waals surface area contributed by atoms with Crippen LogP contribution < -0.4 is 0 Å². The number of hydrogen-bond donors (Lipinski definition) is 1. The number of aliphatic hydroxyl groups is 1. The molecule has 1 heterocycles. The van der Waals surface area contributed by atoms with Crippen molar-refractivity contribution in [2.45, 2.75) is 31.5 Å². The summed E-state index contributed by atoms with van der Waals surface area (Å²) in [7, 11) is 4.12. The largest absolute Gasteiger partial charge is 0.389 e. The van der Waals surface area contributed by atoms with Crippen molar-refractivity contribution >= 4 is 11.6 Å². The molecule has 4 heteroatoms. The fourth-order valence-corrected chi connectivity index (χ4v) is 4.34. The molecule has 2 aromatic carbocycles. The molecule has 0 amide bonds. The minimum atomic E-state index is -0.457. The van der Waals surface area contributed by atoms with Crippen molar-refractivity contribution in [3.8, 4) is 0 Å². The zero-order valence-corrected chi connectivity index (χ0v) is 16.0. The fraction of sp³-hybridized carbons (Fsp3) is 0.429. The van der Waals surface area contributed by atoms with E-state index in [0.717, 1.165) is 30.1 Å². The number of benzene rings is 2. The second-order valence-electron chi connectivity index (χ2n) is 7.22. The first kappa shape index (κ1) is 18.4. The van der Waals surface area contributed by atoms with Crippen molar-refractivity contribution < 1.29 is 5.11 Å². The third-order valence-electron chi connectivity index (χ3n) is 5.60. The van der Waals surface area contributed by atoms with Crippen molar-refractivity contribution in [3.05, 3.63) is 70.2 Å². The van der Waals surface area contributed by atoms with E-state index in [9.17, 15) is 5.11 Å². The van der Waals surface area contributed by atoms with E-state index in [0.29, 0.717) is 6.54 Å². The molecule has 1 aliphatic rings. The Morgan fingerprint density at radius 3 is 2.48 bits per heavy atom. The van der Waals surface area contributed by atoms with E-state index in [1.807, 2.05) is 30.3 Å². The number of aryl methyl sites for hydroxylation is 1. The highest BCUT2D eigenvalue weighted by atomic mass is 35.5. The lowest BCUT2D eigenvalue weighted by Crippen LogP contribution is -2.59. The Labute approximate surface area is 155 Å². The molecule has 3 nitrogen and oxygen atoms in total. The number of aliphatic hydroxyl groups excluding tert-OH is 1. The first-order chi connectivity index (χ1) is 11.9. The van der Waals surface area contributed by atoms with Gasteiger partial charge in [0.15, 0.2) is 0 Å². The number of nitrogens with zero attached hydrogens (tertiary/aromatic N) is 2. The van der Waals surface area contributed by atoms with Crippen LogP contribution in [0.3, 0.4) is 0 Å². The van der Waals surface area contributed by atoms with Gasteiger partial charge in [-0.1, -0.05) is 54.1 Å². The van der Waals surface area contributed by atoms with Gasteiger partial charge in [0.05, 0.1) is 11.6 Å². The first-order valence-corrected chi connectivity index (χ1v) is 9.20. The lowest BCUT2D eigenvalue weighted by molar-refractivity contribution is -0.0703. The highest BCUT2D eigenvalue weighted by molar-refractivity contribution is 6.31. The van der Waals surface area contributed by atoms with Crippen LogP contribution in [-0.2, 0) is 12.1 Å². The highest BCUT2D eigenvalue weighted by Gasteiger charge is 2.45. The van der Waals surface area contributed by atoms with Crippen LogP contribution in [0.2, 0.25) is 5.02 Å². The van der Waals surface area contributed by atoms with Gasteiger partial charge in [0.25, 0.3) is 0 Å². The summed E-state index contributed by atoms with van der Waals surface area (Å²) in [5.74, 6) is 0. The number of likely N-dealkylation sites (tertiary alicyclic amines) is 1. The van der Waals surface area contributed by atoms with Crippen LogP contribution in [0.4, 0.5) is 0 Å². The van der Waals surface area contributed by atoms with Gasteiger partial charge in [-0.2, -0.15) is 0 Å². The molecule has 1 N–H and O–H groups in total. The van der Waals surface area contributed by atoms with E-state index < -0.39 is 6.10 Å². The van der Waals surface area contributed by atoms with Gasteiger partial charge in [-0.05, 0) is 50.2 Å². The number of rotatable bonds is 4. The Kier molecular flexibility index (Phi) is 5.49. The Balaban J connectivity index is 1.82. The van der Waals surface area contributed by atoms with E-state index in [4.69, 9.17) is 11.6 Å². The van der Waals surface area contributed by atoms with Gasteiger partial charge < -0.3 is 5.11 Å². The summed E-state index contributed by atoms with van der Waals surface area (Å²) in [6, 6.07) is 16.4. The van der Waals surface area contributed by atoms with Crippen LogP contribution in [-0.4, -0.2) is 48.2 Å². The van der Waals surface area contributed by atoms with Crippen molar-refractivity contribution in [2.24, 2.45) is 0 Å². The van der Waals surface area contributed by atoms with Crippen molar-refractivity contribution in [3.63, 3.8) is 0 Å². The van der Waals surface area contributed by atoms with E-state index in [1.54, 1.807) is 0 Å². The van der Waals surface area contributed by atoms with Gasteiger partial charge in [0, 0.05) is 24.7 Å². The molecule has 2 atom stereocenters. The smallest absolute Gasteiger partial charge is 0.0892 e. The molecular weight excluding hydrogens is 332 g/mol. The lowest BCUT2D eigenvalue weighted by Gasteiger charge is -2.50. The van der Waals surface area contributed by atoms with Crippen molar-refractivity contribution in [1.82, 2.24) is 9.80 Å². The average molecular weight is 359 g/mol. The molecular formula is C21H27ClN2O. The summed E-state index contributed by atoms with van der Waals surface area (Å²) in [5, 5.41) is 11.9. The van der Waals surface area contributed by atoms with Crippen LogP contribution in [0.25, 0.3) is 0 Å². The molecule has 0 spiro atoms. The summed E-state index contributed by atoms with van der Waals surface area (Å²) in [6.07, 6.45) is 0.427. The fourth-order valence-electron chi connectivity index (χ4n) is 4.06. The molecule has 1 aliphatic heterocycles. The lowest BCUT2D eigenvalue weighted by atomic mass is 9.77. The van der Waals surface area contributed by atoms with Gasteiger partial charge in [0.2, 0.25) is 0 Å². The number of piperidine rings is 1. The maximum Gasteiger partial charge on any atom is 0.0892 e. The third kappa shape index (κ3) is 3.47. The van der Waals surface area contributed by atoms with Crippen LogP contribution in [0, 0.1) is 6.92 Å². The van der Waals surface area contributed by atoms with Crippen molar-refractivity contribution in [1.29, 1.82) is 0 Å². The molecule has 2 aromatic rings. The quantitative estimate of drug-likeness (QED) is 0.903. The van der Waals surface area contributed by atoms with Crippen LogP contribution in [0.1, 0.15) is 23.1 Å². The molecule has 0 unspecified atom stereocenters. The monoisotopic (exact) mass is 358 g/mol. The predicted molar refractivity (Wildman–Crippen MR) is 104 cm³/mol. The molecule has 1 fully saturated rings. The van der Waals surface area contributed by atoms with Gasteiger partial charge in [-0.3, -0.25) is 9.80 Å².